The van der Waals surface area contributed by atoms with Crippen molar-refractivity contribution in [1.29, 1.82) is 0 Å². The molecule has 0 heterocycles. The van der Waals surface area contributed by atoms with E-state index in [9.17, 15) is 0 Å². The van der Waals surface area contributed by atoms with E-state index < -0.39 is 0 Å². The molecule has 0 radical (unpaired) electrons. The quantitative estimate of drug-likeness (QED) is 0.859. The van der Waals surface area contributed by atoms with Gasteiger partial charge in [-0.15, -0.1) is 0 Å². The molecular weight excluding hydrogens is 358 g/mol. The maximum Gasteiger partial charge on any atom is 0.141 e. The van der Waals surface area contributed by atoms with Gasteiger partial charge >= 0.3 is 0 Å². The lowest BCUT2D eigenvalue weighted by atomic mass is 10.1. The molecule has 2 N–H and O–H groups in total. The van der Waals surface area contributed by atoms with Gasteiger partial charge in [0.1, 0.15) is 11.5 Å². The third-order valence-corrected chi connectivity index (χ3v) is 3.62. The van der Waals surface area contributed by atoms with Crippen LogP contribution in [0.25, 0.3) is 0 Å². The summed E-state index contributed by atoms with van der Waals surface area (Å²) >= 11 is 6.91. The largest absolute Gasteiger partial charge is 0.456 e. The van der Waals surface area contributed by atoms with Crippen molar-refractivity contribution in [3.05, 3.63) is 57.0 Å². The predicted molar refractivity (Wildman–Crippen MR) is 81.1 cm³/mol. The Hall–Kier alpha value is -0.840. The summed E-state index contributed by atoms with van der Waals surface area (Å²) in [7, 11) is 0. The molecule has 2 aromatic rings. The molecule has 0 spiro atoms. The van der Waals surface area contributed by atoms with Crippen LogP contribution in [0.1, 0.15) is 5.56 Å². The first-order chi connectivity index (χ1) is 8.69. The van der Waals surface area contributed by atoms with E-state index in [1.807, 2.05) is 42.5 Å². The van der Waals surface area contributed by atoms with Gasteiger partial charge in [-0.3, -0.25) is 0 Å². The van der Waals surface area contributed by atoms with Gasteiger partial charge in [-0.25, -0.2) is 0 Å². The summed E-state index contributed by atoms with van der Waals surface area (Å²) in [5.41, 5.74) is 6.74. The molecule has 0 saturated heterocycles. The zero-order valence-electron chi connectivity index (χ0n) is 9.70. The zero-order chi connectivity index (χ0) is 13.0. The molecule has 18 heavy (non-hydrogen) atoms. The van der Waals surface area contributed by atoms with Crippen LogP contribution in [0.15, 0.2) is 51.4 Å². The highest BCUT2D eigenvalue weighted by molar-refractivity contribution is 9.10. The van der Waals surface area contributed by atoms with Crippen LogP contribution in [-0.4, -0.2) is 6.54 Å². The highest BCUT2D eigenvalue weighted by Gasteiger charge is 2.04. The van der Waals surface area contributed by atoms with Gasteiger partial charge in [-0.1, -0.05) is 22.0 Å². The Morgan fingerprint density at radius 1 is 1.00 bits per heavy atom. The van der Waals surface area contributed by atoms with E-state index in [-0.39, 0.29) is 0 Å². The molecule has 2 nitrogen and oxygen atoms in total. The third-order valence-electron chi connectivity index (χ3n) is 2.47. The van der Waals surface area contributed by atoms with Crippen LogP contribution in [0.5, 0.6) is 11.5 Å². The second kappa shape index (κ2) is 6.36. The molecule has 0 fully saturated rings. The lowest BCUT2D eigenvalue weighted by Crippen LogP contribution is -2.02. The number of hydrogen-bond acceptors (Lipinski definition) is 2. The molecule has 0 atom stereocenters. The molecule has 0 aliphatic rings. The summed E-state index contributed by atoms with van der Waals surface area (Å²) in [5.74, 6) is 1.61. The Balaban J connectivity index is 2.16. The number of rotatable bonds is 4. The smallest absolute Gasteiger partial charge is 0.141 e. The third kappa shape index (κ3) is 3.57. The predicted octanol–water partition coefficient (Wildman–Crippen LogP) is 4.51. The number of halogens is 2. The van der Waals surface area contributed by atoms with Crippen molar-refractivity contribution in [1.82, 2.24) is 0 Å². The van der Waals surface area contributed by atoms with Crippen LogP contribution in [0.4, 0.5) is 0 Å². The highest BCUT2D eigenvalue weighted by Crippen LogP contribution is 2.31. The first kappa shape index (κ1) is 13.6. The molecule has 2 rings (SSSR count). The number of benzene rings is 2. The minimum atomic E-state index is 0.652. The minimum absolute atomic E-state index is 0.652. The number of nitrogens with two attached hydrogens (primary N) is 1. The van der Waals surface area contributed by atoms with Crippen LogP contribution in [0.3, 0.4) is 0 Å². The standard InChI is InChI=1S/C14H13Br2NO/c15-11-2-4-12(5-3-11)18-14-6-1-10(7-8-17)9-13(14)16/h1-6,9H,7-8,17H2. The van der Waals surface area contributed by atoms with Gasteiger partial charge in [0.15, 0.2) is 0 Å². The lowest BCUT2D eigenvalue weighted by Gasteiger charge is -2.09. The Labute approximate surface area is 123 Å². The molecule has 4 heteroatoms. The molecule has 0 aromatic heterocycles. The van der Waals surface area contributed by atoms with E-state index in [4.69, 9.17) is 10.5 Å². The van der Waals surface area contributed by atoms with Gasteiger partial charge in [0, 0.05) is 4.47 Å². The Bertz CT molecular complexity index is 526. The van der Waals surface area contributed by atoms with E-state index in [0.29, 0.717) is 6.54 Å². The fourth-order valence-corrected chi connectivity index (χ4v) is 2.35. The monoisotopic (exact) mass is 369 g/mol. The number of ether oxygens (including phenoxy) is 1. The normalized spacial score (nSPS) is 10.4. The van der Waals surface area contributed by atoms with E-state index in [2.05, 4.69) is 31.9 Å². The summed E-state index contributed by atoms with van der Waals surface area (Å²) in [6.45, 7) is 0.652. The van der Waals surface area contributed by atoms with Crippen LogP contribution in [0.2, 0.25) is 0 Å². The van der Waals surface area contributed by atoms with Gasteiger partial charge < -0.3 is 10.5 Å². The van der Waals surface area contributed by atoms with Crippen molar-refractivity contribution < 1.29 is 4.74 Å². The highest BCUT2D eigenvalue weighted by atomic mass is 79.9. The Morgan fingerprint density at radius 2 is 1.72 bits per heavy atom. The maximum atomic E-state index is 5.80. The molecular formula is C14H13Br2NO. The van der Waals surface area contributed by atoms with Crippen molar-refractivity contribution in [3.8, 4) is 11.5 Å². The summed E-state index contributed by atoms with van der Waals surface area (Å²) in [6, 6.07) is 13.8. The average Bonchev–Trinajstić information content (AvgIpc) is 2.36. The lowest BCUT2D eigenvalue weighted by molar-refractivity contribution is 0.479. The average molecular weight is 371 g/mol. The summed E-state index contributed by atoms with van der Waals surface area (Å²) in [4.78, 5) is 0. The van der Waals surface area contributed by atoms with E-state index in [1.54, 1.807) is 0 Å². The van der Waals surface area contributed by atoms with E-state index in [0.717, 1.165) is 26.9 Å². The summed E-state index contributed by atoms with van der Waals surface area (Å²) in [5, 5.41) is 0. The van der Waals surface area contributed by atoms with Crippen LogP contribution < -0.4 is 10.5 Å². The minimum Gasteiger partial charge on any atom is -0.456 e. The van der Waals surface area contributed by atoms with Crippen LogP contribution >= 0.6 is 31.9 Å². The Morgan fingerprint density at radius 3 is 2.33 bits per heavy atom. The van der Waals surface area contributed by atoms with Crippen molar-refractivity contribution in [2.24, 2.45) is 5.73 Å². The van der Waals surface area contributed by atoms with Crippen molar-refractivity contribution in [3.63, 3.8) is 0 Å². The second-order valence-corrected chi connectivity index (χ2v) is 5.63. The molecule has 2 aromatic carbocycles. The van der Waals surface area contributed by atoms with Gasteiger partial charge in [0.05, 0.1) is 4.47 Å². The van der Waals surface area contributed by atoms with Gasteiger partial charge in [-0.2, -0.15) is 0 Å². The van der Waals surface area contributed by atoms with E-state index in [1.165, 1.54) is 5.56 Å². The molecule has 0 unspecified atom stereocenters. The fourth-order valence-electron chi connectivity index (χ4n) is 1.58. The second-order valence-electron chi connectivity index (χ2n) is 3.86. The molecule has 0 aliphatic carbocycles. The van der Waals surface area contributed by atoms with Crippen molar-refractivity contribution in [2.45, 2.75) is 6.42 Å². The topological polar surface area (TPSA) is 35.2 Å². The molecule has 94 valence electrons. The molecule has 0 bridgehead atoms. The first-order valence-corrected chi connectivity index (χ1v) is 7.19. The molecule has 0 saturated carbocycles. The maximum absolute atomic E-state index is 5.80. The summed E-state index contributed by atoms with van der Waals surface area (Å²) in [6.07, 6.45) is 0.872. The first-order valence-electron chi connectivity index (χ1n) is 5.61. The Kier molecular flexibility index (Phi) is 4.80. The van der Waals surface area contributed by atoms with Crippen LogP contribution in [0, 0.1) is 0 Å². The van der Waals surface area contributed by atoms with Gasteiger partial charge in [-0.05, 0) is 70.9 Å². The SMILES string of the molecule is NCCc1ccc(Oc2ccc(Br)cc2)c(Br)c1. The van der Waals surface area contributed by atoms with E-state index >= 15 is 0 Å². The van der Waals surface area contributed by atoms with Gasteiger partial charge in [0.25, 0.3) is 0 Å². The molecule has 0 aliphatic heterocycles. The zero-order valence-corrected chi connectivity index (χ0v) is 12.9. The fraction of sp³-hybridized carbons (Fsp3) is 0.143. The van der Waals surface area contributed by atoms with Crippen LogP contribution in [-0.2, 0) is 6.42 Å². The van der Waals surface area contributed by atoms with Crippen molar-refractivity contribution >= 4 is 31.9 Å². The number of hydrogen-bond donors (Lipinski definition) is 1. The van der Waals surface area contributed by atoms with Crippen molar-refractivity contribution in [2.75, 3.05) is 6.54 Å². The molecule has 0 amide bonds. The van der Waals surface area contributed by atoms with Gasteiger partial charge in [0.2, 0.25) is 0 Å². The summed E-state index contributed by atoms with van der Waals surface area (Å²) < 4.78 is 7.77.